The van der Waals surface area contributed by atoms with E-state index in [9.17, 15) is 9.59 Å². The maximum Gasteiger partial charge on any atom is 0.239 e. The fourth-order valence-electron chi connectivity index (χ4n) is 6.39. The molecule has 2 amide bonds. The van der Waals surface area contributed by atoms with Crippen LogP contribution in [0.5, 0.6) is 0 Å². The number of anilines is 1. The minimum absolute atomic E-state index is 0.0227. The van der Waals surface area contributed by atoms with Gasteiger partial charge in [-0.1, -0.05) is 78.9 Å². The average Bonchev–Trinajstić information content (AvgIpc) is 3.49. The second-order valence-electron chi connectivity index (χ2n) is 9.14. The minimum atomic E-state index is -0.321. The molecule has 3 heterocycles. The first-order chi connectivity index (χ1) is 15.8. The van der Waals surface area contributed by atoms with Gasteiger partial charge in [-0.2, -0.15) is 0 Å². The van der Waals surface area contributed by atoms with Crippen molar-refractivity contribution >= 4 is 17.5 Å². The number of fused-ring (bicyclic) bond motifs is 3. The molecule has 6 rings (SSSR count). The lowest BCUT2D eigenvalue weighted by Gasteiger charge is -2.35. The SMILES string of the molecule is O=C1[C@H]2[C@H](C(=O)N1c1ccccc1)[C@@H](C(c1ccccc1)c1ccccc1)N1CCC[C@H]21. The Morgan fingerprint density at radius 3 is 1.81 bits per heavy atom. The first kappa shape index (κ1) is 19.4. The minimum Gasteiger partial charge on any atom is -0.295 e. The summed E-state index contributed by atoms with van der Waals surface area (Å²) in [4.78, 5) is 31.5. The maximum atomic E-state index is 13.9. The van der Waals surface area contributed by atoms with Crippen LogP contribution in [0.3, 0.4) is 0 Å². The molecule has 0 bridgehead atoms. The fraction of sp³-hybridized carbons (Fsp3) is 0.286. The molecule has 4 atom stereocenters. The summed E-state index contributed by atoms with van der Waals surface area (Å²) in [5.74, 6) is -0.600. The van der Waals surface area contributed by atoms with Gasteiger partial charge in [-0.05, 0) is 42.6 Å². The lowest BCUT2D eigenvalue weighted by Crippen LogP contribution is -2.45. The summed E-state index contributed by atoms with van der Waals surface area (Å²) in [5, 5.41) is 0. The summed E-state index contributed by atoms with van der Waals surface area (Å²) >= 11 is 0. The van der Waals surface area contributed by atoms with Gasteiger partial charge in [-0.15, -0.1) is 0 Å². The predicted octanol–water partition coefficient (Wildman–Crippen LogP) is 4.47. The van der Waals surface area contributed by atoms with Gasteiger partial charge in [0.1, 0.15) is 0 Å². The van der Waals surface area contributed by atoms with Gasteiger partial charge in [0.2, 0.25) is 11.8 Å². The molecule has 3 aromatic rings. The van der Waals surface area contributed by atoms with E-state index in [0.29, 0.717) is 5.69 Å². The first-order valence-electron chi connectivity index (χ1n) is 11.5. The second-order valence-corrected chi connectivity index (χ2v) is 9.14. The van der Waals surface area contributed by atoms with Crippen LogP contribution in [0, 0.1) is 11.8 Å². The summed E-state index contributed by atoms with van der Waals surface area (Å²) in [5.41, 5.74) is 3.10. The highest BCUT2D eigenvalue weighted by atomic mass is 16.2. The molecule has 3 aliphatic heterocycles. The Morgan fingerprint density at radius 1 is 0.688 bits per heavy atom. The van der Waals surface area contributed by atoms with Crippen LogP contribution < -0.4 is 4.90 Å². The number of hydrogen-bond donors (Lipinski definition) is 0. The summed E-state index contributed by atoms with van der Waals surface area (Å²) in [6.45, 7) is 0.949. The van der Waals surface area contributed by atoms with Gasteiger partial charge in [0.05, 0.1) is 17.5 Å². The van der Waals surface area contributed by atoms with E-state index in [4.69, 9.17) is 0 Å². The Bertz CT molecular complexity index is 1090. The van der Waals surface area contributed by atoms with Gasteiger partial charge in [0, 0.05) is 18.0 Å². The Kier molecular flexibility index (Phi) is 4.69. The average molecular weight is 423 g/mol. The highest BCUT2D eigenvalue weighted by Gasteiger charge is 2.64. The van der Waals surface area contributed by atoms with E-state index < -0.39 is 0 Å². The molecule has 0 radical (unpaired) electrons. The zero-order chi connectivity index (χ0) is 21.7. The second kappa shape index (κ2) is 7.72. The molecule has 160 valence electrons. The molecule has 4 heteroatoms. The quantitative estimate of drug-likeness (QED) is 0.583. The lowest BCUT2D eigenvalue weighted by atomic mass is 9.77. The van der Waals surface area contributed by atoms with Crippen LogP contribution in [-0.4, -0.2) is 35.3 Å². The molecule has 3 aliphatic rings. The largest absolute Gasteiger partial charge is 0.295 e. The molecule has 0 aliphatic carbocycles. The number of carbonyl (C=O) groups is 2. The molecule has 0 N–H and O–H groups in total. The van der Waals surface area contributed by atoms with Crippen molar-refractivity contribution in [2.45, 2.75) is 30.8 Å². The number of hydrogen-bond acceptors (Lipinski definition) is 3. The zero-order valence-corrected chi connectivity index (χ0v) is 17.9. The smallest absolute Gasteiger partial charge is 0.239 e. The third-order valence-corrected chi connectivity index (χ3v) is 7.58. The van der Waals surface area contributed by atoms with E-state index in [1.54, 1.807) is 0 Å². The number of benzene rings is 3. The van der Waals surface area contributed by atoms with Crippen LogP contribution in [0.25, 0.3) is 0 Å². The Morgan fingerprint density at radius 2 is 1.22 bits per heavy atom. The van der Waals surface area contributed by atoms with Crippen molar-refractivity contribution in [3.05, 3.63) is 102 Å². The van der Waals surface area contributed by atoms with Gasteiger partial charge in [0.15, 0.2) is 0 Å². The molecule has 3 fully saturated rings. The Labute approximate surface area is 188 Å². The molecular weight excluding hydrogens is 396 g/mol. The van der Waals surface area contributed by atoms with E-state index in [-0.39, 0.29) is 41.7 Å². The number of rotatable bonds is 4. The molecule has 32 heavy (non-hydrogen) atoms. The molecule has 0 unspecified atom stereocenters. The number of imide groups is 1. The standard InChI is InChI=1S/C28H26N2O2/c31-27-24-22-17-10-18-29(22)26(25(24)28(32)30(27)21-15-8-3-9-16-21)23(19-11-4-1-5-12-19)20-13-6-2-7-14-20/h1-9,11-16,22-26H,10,17-18H2/t22-,24-,25+,26-/m1/s1. The van der Waals surface area contributed by atoms with E-state index in [0.717, 1.165) is 19.4 Å². The lowest BCUT2D eigenvalue weighted by molar-refractivity contribution is -0.123. The summed E-state index contributed by atoms with van der Waals surface area (Å²) in [6.07, 6.45) is 2.06. The number of nitrogens with zero attached hydrogens (tertiary/aromatic N) is 2. The molecule has 0 spiro atoms. The Balaban J connectivity index is 1.49. The van der Waals surface area contributed by atoms with Crippen molar-refractivity contribution in [3.8, 4) is 0 Å². The van der Waals surface area contributed by atoms with Gasteiger partial charge >= 0.3 is 0 Å². The molecule has 4 nitrogen and oxygen atoms in total. The molecule has 0 saturated carbocycles. The molecule has 3 saturated heterocycles. The van der Waals surface area contributed by atoms with Crippen molar-refractivity contribution in [1.29, 1.82) is 0 Å². The van der Waals surface area contributed by atoms with Crippen LogP contribution in [0.2, 0.25) is 0 Å². The van der Waals surface area contributed by atoms with Crippen molar-refractivity contribution in [2.24, 2.45) is 11.8 Å². The van der Waals surface area contributed by atoms with Crippen LogP contribution in [0.15, 0.2) is 91.0 Å². The zero-order valence-electron chi connectivity index (χ0n) is 17.9. The van der Waals surface area contributed by atoms with Gasteiger partial charge < -0.3 is 0 Å². The van der Waals surface area contributed by atoms with Crippen molar-refractivity contribution in [2.75, 3.05) is 11.4 Å². The monoisotopic (exact) mass is 422 g/mol. The fourth-order valence-corrected chi connectivity index (χ4v) is 6.39. The summed E-state index contributed by atoms with van der Waals surface area (Å²) < 4.78 is 0. The van der Waals surface area contributed by atoms with Crippen LogP contribution in [0.4, 0.5) is 5.69 Å². The topological polar surface area (TPSA) is 40.6 Å². The highest BCUT2D eigenvalue weighted by Crippen LogP contribution is 2.52. The van der Waals surface area contributed by atoms with Crippen LogP contribution in [0.1, 0.15) is 29.9 Å². The predicted molar refractivity (Wildman–Crippen MR) is 124 cm³/mol. The van der Waals surface area contributed by atoms with E-state index in [1.165, 1.54) is 16.0 Å². The summed E-state index contributed by atoms with van der Waals surface area (Å²) in [7, 11) is 0. The summed E-state index contributed by atoms with van der Waals surface area (Å²) in [6, 6.07) is 30.5. The normalized spacial score (nSPS) is 27.2. The van der Waals surface area contributed by atoms with E-state index in [2.05, 4.69) is 53.4 Å². The van der Waals surface area contributed by atoms with Gasteiger partial charge in [-0.3, -0.25) is 14.5 Å². The van der Waals surface area contributed by atoms with Crippen molar-refractivity contribution < 1.29 is 9.59 Å². The van der Waals surface area contributed by atoms with Crippen molar-refractivity contribution in [1.82, 2.24) is 4.90 Å². The van der Waals surface area contributed by atoms with Crippen LogP contribution in [-0.2, 0) is 9.59 Å². The highest BCUT2D eigenvalue weighted by molar-refractivity contribution is 6.23. The number of carbonyl (C=O) groups excluding carboxylic acids is 2. The van der Waals surface area contributed by atoms with Crippen LogP contribution >= 0.6 is 0 Å². The molecule has 0 aromatic heterocycles. The molecule has 3 aromatic carbocycles. The third kappa shape index (κ3) is 2.86. The third-order valence-electron chi connectivity index (χ3n) is 7.58. The van der Waals surface area contributed by atoms with Crippen molar-refractivity contribution in [3.63, 3.8) is 0 Å². The Hall–Kier alpha value is -3.24. The van der Waals surface area contributed by atoms with Gasteiger partial charge in [-0.25, -0.2) is 4.90 Å². The maximum absolute atomic E-state index is 13.9. The number of amides is 2. The first-order valence-corrected chi connectivity index (χ1v) is 11.5. The van der Waals surface area contributed by atoms with Gasteiger partial charge in [0.25, 0.3) is 0 Å². The molecular formula is C28H26N2O2. The van der Waals surface area contributed by atoms with E-state index in [1.807, 2.05) is 42.5 Å². The van der Waals surface area contributed by atoms with E-state index >= 15 is 0 Å². The number of para-hydroxylation sites is 1.